The summed E-state index contributed by atoms with van der Waals surface area (Å²) in [6.07, 6.45) is 1.58. The maximum atomic E-state index is 8.45. The van der Waals surface area contributed by atoms with E-state index in [1.165, 1.54) is 0 Å². The standard InChI is InChI=1S/C11H16ClNO4/c12-11-9-10(1-2-13-11)17-8-7-16-6-5-15-4-3-14/h1-2,9,14H,3-8H2. The number of aliphatic hydroxyl groups excluding tert-OH is 1. The van der Waals surface area contributed by atoms with Crippen LogP contribution in [0.4, 0.5) is 0 Å². The van der Waals surface area contributed by atoms with Crippen molar-refractivity contribution in [1.29, 1.82) is 0 Å². The second-order valence-electron chi connectivity index (χ2n) is 3.11. The van der Waals surface area contributed by atoms with Gasteiger partial charge in [0.15, 0.2) is 0 Å². The van der Waals surface area contributed by atoms with Crippen LogP contribution in [0.15, 0.2) is 18.3 Å². The lowest BCUT2D eigenvalue weighted by atomic mass is 10.4. The average Bonchev–Trinajstić information content (AvgIpc) is 2.33. The molecule has 0 radical (unpaired) electrons. The highest BCUT2D eigenvalue weighted by molar-refractivity contribution is 6.29. The van der Waals surface area contributed by atoms with Gasteiger partial charge in [-0.1, -0.05) is 11.6 Å². The van der Waals surface area contributed by atoms with Crippen LogP contribution >= 0.6 is 11.6 Å². The third-order valence-electron chi connectivity index (χ3n) is 1.80. The van der Waals surface area contributed by atoms with Crippen molar-refractivity contribution in [3.8, 4) is 5.75 Å². The van der Waals surface area contributed by atoms with Crippen molar-refractivity contribution < 1.29 is 19.3 Å². The first-order valence-electron chi connectivity index (χ1n) is 5.33. The number of halogens is 1. The normalized spacial score (nSPS) is 10.5. The minimum Gasteiger partial charge on any atom is -0.491 e. The number of rotatable bonds is 9. The van der Waals surface area contributed by atoms with E-state index in [4.69, 9.17) is 30.9 Å². The van der Waals surface area contributed by atoms with Crippen molar-refractivity contribution in [2.75, 3.05) is 39.6 Å². The Kier molecular flexibility index (Phi) is 7.66. The van der Waals surface area contributed by atoms with Gasteiger partial charge in [-0.3, -0.25) is 0 Å². The first kappa shape index (κ1) is 14.2. The molecule has 0 aliphatic rings. The Morgan fingerprint density at radius 1 is 1.12 bits per heavy atom. The lowest BCUT2D eigenvalue weighted by Crippen LogP contribution is -2.11. The molecule has 0 amide bonds. The van der Waals surface area contributed by atoms with E-state index in [0.29, 0.717) is 43.9 Å². The summed E-state index contributed by atoms with van der Waals surface area (Å²) in [4.78, 5) is 3.84. The fourth-order valence-electron chi connectivity index (χ4n) is 1.08. The van der Waals surface area contributed by atoms with Crippen molar-refractivity contribution in [2.45, 2.75) is 0 Å². The van der Waals surface area contributed by atoms with Crippen molar-refractivity contribution in [3.05, 3.63) is 23.5 Å². The second kappa shape index (κ2) is 9.18. The van der Waals surface area contributed by atoms with Crippen LogP contribution in [-0.2, 0) is 9.47 Å². The summed E-state index contributed by atoms with van der Waals surface area (Å²) in [5.41, 5.74) is 0. The van der Waals surface area contributed by atoms with E-state index in [1.807, 2.05) is 0 Å². The number of ether oxygens (including phenoxy) is 3. The van der Waals surface area contributed by atoms with Crippen LogP contribution in [0.5, 0.6) is 5.75 Å². The molecular formula is C11H16ClNO4. The van der Waals surface area contributed by atoms with Gasteiger partial charge in [0.25, 0.3) is 0 Å². The minimum absolute atomic E-state index is 0.0336. The van der Waals surface area contributed by atoms with E-state index in [1.54, 1.807) is 18.3 Å². The van der Waals surface area contributed by atoms with Crippen LogP contribution in [0.2, 0.25) is 5.15 Å². The lowest BCUT2D eigenvalue weighted by molar-refractivity contribution is 0.0247. The van der Waals surface area contributed by atoms with Gasteiger partial charge in [0.1, 0.15) is 17.5 Å². The van der Waals surface area contributed by atoms with E-state index in [-0.39, 0.29) is 6.61 Å². The fourth-order valence-corrected chi connectivity index (χ4v) is 1.24. The lowest BCUT2D eigenvalue weighted by Gasteiger charge is -2.07. The van der Waals surface area contributed by atoms with E-state index < -0.39 is 0 Å². The summed E-state index contributed by atoms with van der Waals surface area (Å²) >= 11 is 5.70. The topological polar surface area (TPSA) is 60.8 Å². The molecule has 0 spiro atoms. The Morgan fingerprint density at radius 3 is 2.53 bits per heavy atom. The molecule has 0 atom stereocenters. The van der Waals surface area contributed by atoms with Gasteiger partial charge in [-0.15, -0.1) is 0 Å². The molecule has 0 aromatic carbocycles. The number of aliphatic hydroxyl groups is 1. The average molecular weight is 262 g/mol. The van der Waals surface area contributed by atoms with Gasteiger partial charge in [0, 0.05) is 12.3 Å². The zero-order valence-electron chi connectivity index (χ0n) is 9.47. The molecule has 96 valence electrons. The summed E-state index contributed by atoms with van der Waals surface area (Å²) < 4.78 is 15.7. The van der Waals surface area contributed by atoms with Crippen LogP contribution in [-0.4, -0.2) is 49.7 Å². The van der Waals surface area contributed by atoms with Gasteiger partial charge >= 0.3 is 0 Å². The molecule has 1 N–H and O–H groups in total. The van der Waals surface area contributed by atoms with Gasteiger partial charge in [0.2, 0.25) is 0 Å². The summed E-state index contributed by atoms with van der Waals surface area (Å²) in [5, 5.41) is 8.86. The predicted molar refractivity (Wildman–Crippen MR) is 63.5 cm³/mol. The summed E-state index contributed by atoms with van der Waals surface area (Å²) in [5.74, 6) is 0.671. The van der Waals surface area contributed by atoms with Gasteiger partial charge in [-0.25, -0.2) is 4.98 Å². The van der Waals surface area contributed by atoms with E-state index in [0.717, 1.165) is 0 Å². The fraction of sp³-hybridized carbons (Fsp3) is 0.545. The van der Waals surface area contributed by atoms with E-state index in [2.05, 4.69) is 4.98 Å². The highest BCUT2D eigenvalue weighted by Gasteiger charge is 1.95. The highest BCUT2D eigenvalue weighted by Crippen LogP contribution is 2.13. The summed E-state index contributed by atoms with van der Waals surface area (Å²) in [7, 11) is 0. The zero-order chi connectivity index (χ0) is 12.3. The number of pyridine rings is 1. The quantitative estimate of drug-likeness (QED) is 0.534. The molecule has 17 heavy (non-hydrogen) atoms. The van der Waals surface area contributed by atoms with Crippen LogP contribution in [0.25, 0.3) is 0 Å². The summed E-state index contributed by atoms with van der Waals surface area (Å²) in [6.45, 7) is 2.26. The first-order valence-corrected chi connectivity index (χ1v) is 5.71. The molecule has 0 fully saturated rings. The van der Waals surface area contributed by atoms with Crippen molar-refractivity contribution in [2.24, 2.45) is 0 Å². The van der Waals surface area contributed by atoms with Crippen molar-refractivity contribution in [1.82, 2.24) is 4.98 Å². The molecule has 0 aliphatic heterocycles. The second-order valence-corrected chi connectivity index (χ2v) is 3.50. The van der Waals surface area contributed by atoms with Crippen molar-refractivity contribution >= 4 is 11.6 Å². The molecule has 6 heteroatoms. The molecule has 1 aromatic heterocycles. The number of hydrogen-bond acceptors (Lipinski definition) is 5. The number of nitrogens with zero attached hydrogens (tertiary/aromatic N) is 1. The minimum atomic E-state index is 0.0336. The Bertz CT molecular complexity index is 311. The Labute approximate surface area is 105 Å². The van der Waals surface area contributed by atoms with Crippen LogP contribution in [0.1, 0.15) is 0 Å². The Morgan fingerprint density at radius 2 is 1.82 bits per heavy atom. The largest absolute Gasteiger partial charge is 0.491 e. The zero-order valence-corrected chi connectivity index (χ0v) is 10.2. The van der Waals surface area contributed by atoms with Gasteiger partial charge < -0.3 is 19.3 Å². The van der Waals surface area contributed by atoms with Crippen LogP contribution in [0, 0.1) is 0 Å². The third-order valence-corrected chi connectivity index (χ3v) is 2.01. The van der Waals surface area contributed by atoms with E-state index in [9.17, 15) is 0 Å². The van der Waals surface area contributed by atoms with Crippen molar-refractivity contribution in [3.63, 3.8) is 0 Å². The highest BCUT2D eigenvalue weighted by atomic mass is 35.5. The first-order chi connectivity index (χ1) is 8.33. The molecule has 0 bridgehead atoms. The Hall–Kier alpha value is -0.880. The molecule has 0 aliphatic carbocycles. The molecule has 1 aromatic rings. The monoisotopic (exact) mass is 261 g/mol. The molecule has 1 rings (SSSR count). The summed E-state index contributed by atoms with van der Waals surface area (Å²) in [6, 6.07) is 3.38. The molecule has 1 heterocycles. The molecule has 5 nitrogen and oxygen atoms in total. The maximum Gasteiger partial charge on any atom is 0.132 e. The number of aromatic nitrogens is 1. The van der Waals surface area contributed by atoms with Crippen LogP contribution < -0.4 is 4.74 Å². The molecule has 0 unspecified atom stereocenters. The maximum absolute atomic E-state index is 8.45. The van der Waals surface area contributed by atoms with E-state index >= 15 is 0 Å². The van der Waals surface area contributed by atoms with Crippen LogP contribution in [0.3, 0.4) is 0 Å². The third kappa shape index (κ3) is 7.12. The SMILES string of the molecule is OCCOCCOCCOc1ccnc(Cl)c1. The Balaban J connectivity index is 1.97. The molecule has 0 saturated heterocycles. The van der Waals surface area contributed by atoms with Gasteiger partial charge in [-0.05, 0) is 6.07 Å². The van der Waals surface area contributed by atoms with Gasteiger partial charge in [-0.2, -0.15) is 0 Å². The molecule has 0 saturated carbocycles. The smallest absolute Gasteiger partial charge is 0.132 e. The predicted octanol–water partition coefficient (Wildman–Crippen LogP) is 1.14. The molecular weight excluding hydrogens is 246 g/mol. The number of hydrogen-bond donors (Lipinski definition) is 1. The van der Waals surface area contributed by atoms with Gasteiger partial charge in [0.05, 0.1) is 33.0 Å².